The second-order valence-electron chi connectivity index (χ2n) is 4.37. The molecule has 110 valence electrons. The first kappa shape index (κ1) is 15.0. The van der Waals surface area contributed by atoms with Crippen molar-refractivity contribution >= 4 is 24.1 Å². The Kier molecular flexibility index (Phi) is 4.54. The van der Waals surface area contributed by atoms with Gasteiger partial charge in [0.05, 0.1) is 7.11 Å². The third-order valence-electron chi connectivity index (χ3n) is 2.93. The van der Waals surface area contributed by atoms with Gasteiger partial charge in [0, 0.05) is 11.9 Å². The maximum Gasteiger partial charge on any atom is 0.328 e. The van der Waals surface area contributed by atoms with E-state index in [1.54, 1.807) is 11.5 Å². The summed E-state index contributed by atoms with van der Waals surface area (Å²) in [5, 5.41) is 2.57. The van der Waals surface area contributed by atoms with Gasteiger partial charge in [-0.25, -0.2) is 4.79 Å². The number of amides is 1. The van der Waals surface area contributed by atoms with Gasteiger partial charge >= 0.3 is 5.97 Å². The third-order valence-corrected chi connectivity index (χ3v) is 3.23. The number of hydrogen-bond donors (Lipinski definition) is 2. The number of rotatable bonds is 4. The zero-order chi connectivity index (χ0) is 15.4. The van der Waals surface area contributed by atoms with Crippen LogP contribution in [0.25, 0.3) is 5.69 Å². The van der Waals surface area contributed by atoms with Crippen molar-refractivity contribution in [2.24, 2.45) is 0 Å². The molecular weight excluding hydrogens is 290 g/mol. The lowest BCUT2D eigenvalue weighted by Crippen LogP contribution is -2.39. The zero-order valence-corrected chi connectivity index (χ0v) is 12.4. The Labute approximate surface area is 126 Å². The second kappa shape index (κ2) is 6.36. The number of aromatic nitrogens is 2. The average Bonchev–Trinajstić information content (AvgIpc) is 2.89. The van der Waals surface area contributed by atoms with Crippen LogP contribution in [-0.4, -0.2) is 34.6 Å². The van der Waals surface area contributed by atoms with Gasteiger partial charge in [0.15, 0.2) is 4.77 Å². The molecule has 2 rings (SSSR count). The molecule has 0 fully saturated rings. The highest BCUT2D eigenvalue weighted by atomic mass is 32.1. The highest BCUT2D eigenvalue weighted by Gasteiger charge is 2.20. The fourth-order valence-electron chi connectivity index (χ4n) is 1.88. The van der Waals surface area contributed by atoms with E-state index in [1.807, 2.05) is 30.3 Å². The predicted octanol–water partition coefficient (Wildman–Crippen LogP) is 1.83. The van der Waals surface area contributed by atoms with Crippen molar-refractivity contribution in [3.63, 3.8) is 0 Å². The molecule has 21 heavy (non-hydrogen) atoms. The quantitative estimate of drug-likeness (QED) is 0.667. The number of nitrogens with one attached hydrogen (secondary N) is 2. The van der Waals surface area contributed by atoms with Gasteiger partial charge < -0.3 is 15.0 Å². The number of aromatic amines is 1. The number of esters is 1. The molecule has 0 bridgehead atoms. The van der Waals surface area contributed by atoms with Crippen LogP contribution < -0.4 is 5.32 Å². The second-order valence-corrected chi connectivity index (χ2v) is 4.76. The van der Waals surface area contributed by atoms with E-state index in [-0.39, 0.29) is 0 Å². The Bertz CT molecular complexity index is 706. The van der Waals surface area contributed by atoms with Crippen molar-refractivity contribution in [1.82, 2.24) is 14.9 Å². The van der Waals surface area contributed by atoms with Crippen molar-refractivity contribution < 1.29 is 14.3 Å². The summed E-state index contributed by atoms with van der Waals surface area (Å²) in [6.07, 6.45) is 1.51. The Morgan fingerprint density at radius 1 is 1.33 bits per heavy atom. The summed E-state index contributed by atoms with van der Waals surface area (Å²) in [6, 6.07) is 8.51. The third kappa shape index (κ3) is 3.19. The molecule has 0 saturated carbocycles. The summed E-state index contributed by atoms with van der Waals surface area (Å²) < 4.78 is 6.59. The molecule has 1 amide bonds. The number of carbonyl (C=O) groups is 2. The van der Waals surface area contributed by atoms with E-state index < -0.39 is 17.9 Å². The van der Waals surface area contributed by atoms with Crippen LogP contribution >= 0.6 is 12.2 Å². The number of methoxy groups -OCH3 is 1. The molecule has 7 heteroatoms. The maximum atomic E-state index is 12.3. The summed E-state index contributed by atoms with van der Waals surface area (Å²) in [5.74, 6) is -0.923. The molecule has 6 nitrogen and oxygen atoms in total. The van der Waals surface area contributed by atoms with Crippen molar-refractivity contribution in [3.05, 3.63) is 47.0 Å². The SMILES string of the molecule is COC(=O)[C@@H](C)NC(=O)c1c[nH]c(=S)n1-c1ccccc1. The van der Waals surface area contributed by atoms with E-state index in [1.165, 1.54) is 13.3 Å². The molecule has 0 unspecified atom stereocenters. The van der Waals surface area contributed by atoms with Gasteiger partial charge in [-0.2, -0.15) is 0 Å². The van der Waals surface area contributed by atoms with E-state index in [0.29, 0.717) is 10.5 Å². The van der Waals surface area contributed by atoms with Crippen LogP contribution in [0.5, 0.6) is 0 Å². The van der Waals surface area contributed by atoms with Crippen LogP contribution in [0.15, 0.2) is 36.5 Å². The Balaban J connectivity index is 2.32. The lowest BCUT2D eigenvalue weighted by Gasteiger charge is -2.13. The molecule has 1 atom stereocenters. The first-order valence-electron chi connectivity index (χ1n) is 6.29. The highest BCUT2D eigenvalue weighted by molar-refractivity contribution is 7.71. The van der Waals surface area contributed by atoms with Crippen molar-refractivity contribution in [2.45, 2.75) is 13.0 Å². The van der Waals surface area contributed by atoms with E-state index in [2.05, 4.69) is 15.0 Å². The monoisotopic (exact) mass is 305 g/mol. The first-order chi connectivity index (χ1) is 10.0. The summed E-state index contributed by atoms with van der Waals surface area (Å²) in [4.78, 5) is 26.5. The normalized spacial score (nSPS) is 11.7. The number of nitrogens with zero attached hydrogens (tertiary/aromatic N) is 1. The fourth-order valence-corrected chi connectivity index (χ4v) is 2.14. The molecule has 1 aromatic heterocycles. The number of hydrogen-bond acceptors (Lipinski definition) is 4. The van der Waals surface area contributed by atoms with Gasteiger partial charge in [0.25, 0.3) is 5.91 Å². The van der Waals surface area contributed by atoms with E-state index >= 15 is 0 Å². The van der Waals surface area contributed by atoms with Crippen LogP contribution in [0.2, 0.25) is 0 Å². The molecular formula is C14H15N3O3S. The number of para-hydroxylation sites is 1. The summed E-state index contributed by atoms with van der Waals surface area (Å²) in [5.41, 5.74) is 1.08. The number of benzene rings is 1. The number of imidazole rings is 1. The number of carbonyl (C=O) groups excluding carboxylic acids is 2. The van der Waals surface area contributed by atoms with Crippen molar-refractivity contribution in [2.75, 3.05) is 7.11 Å². The summed E-state index contributed by atoms with van der Waals surface area (Å²) in [7, 11) is 1.27. The van der Waals surface area contributed by atoms with Gasteiger partial charge in [-0.15, -0.1) is 0 Å². The van der Waals surface area contributed by atoms with Crippen LogP contribution in [-0.2, 0) is 9.53 Å². The molecule has 0 saturated heterocycles. The van der Waals surface area contributed by atoms with E-state index in [9.17, 15) is 9.59 Å². The fraction of sp³-hybridized carbons (Fsp3) is 0.214. The minimum Gasteiger partial charge on any atom is -0.467 e. The topological polar surface area (TPSA) is 76.1 Å². The molecule has 0 aliphatic carbocycles. The molecule has 0 aliphatic heterocycles. The van der Waals surface area contributed by atoms with Gasteiger partial charge in [-0.05, 0) is 31.3 Å². The Morgan fingerprint density at radius 3 is 2.62 bits per heavy atom. The Hall–Kier alpha value is -2.41. The Morgan fingerprint density at radius 2 is 2.00 bits per heavy atom. The molecule has 0 radical (unpaired) electrons. The molecule has 0 spiro atoms. The molecule has 2 aromatic rings. The average molecular weight is 305 g/mol. The van der Waals surface area contributed by atoms with Crippen molar-refractivity contribution in [1.29, 1.82) is 0 Å². The molecule has 1 heterocycles. The predicted molar refractivity (Wildman–Crippen MR) is 79.9 cm³/mol. The van der Waals surface area contributed by atoms with E-state index in [4.69, 9.17) is 12.2 Å². The first-order valence-corrected chi connectivity index (χ1v) is 6.70. The highest BCUT2D eigenvalue weighted by Crippen LogP contribution is 2.12. The van der Waals surface area contributed by atoms with Crippen molar-refractivity contribution in [3.8, 4) is 5.69 Å². The lowest BCUT2D eigenvalue weighted by atomic mass is 10.3. The molecule has 1 aromatic carbocycles. The zero-order valence-electron chi connectivity index (χ0n) is 11.6. The lowest BCUT2D eigenvalue weighted by molar-refractivity contribution is -0.142. The van der Waals surface area contributed by atoms with Crippen LogP contribution in [0.1, 0.15) is 17.4 Å². The molecule has 0 aliphatic rings. The maximum absolute atomic E-state index is 12.3. The number of ether oxygens (including phenoxy) is 1. The van der Waals surface area contributed by atoms with E-state index in [0.717, 1.165) is 5.69 Å². The van der Waals surface area contributed by atoms with Crippen LogP contribution in [0.4, 0.5) is 0 Å². The van der Waals surface area contributed by atoms with Gasteiger partial charge in [0.1, 0.15) is 11.7 Å². The summed E-state index contributed by atoms with van der Waals surface area (Å²) in [6.45, 7) is 1.55. The smallest absolute Gasteiger partial charge is 0.328 e. The summed E-state index contributed by atoms with van der Waals surface area (Å²) >= 11 is 5.20. The number of H-pyrrole nitrogens is 1. The largest absolute Gasteiger partial charge is 0.467 e. The standard InChI is InChI=1S/C14H15N3O3S/c1-9(13(19)20-2)16-12(18)11-8-15-14(21)17(11)10-6-4-3-5-7-10/h3-9H,1-2H3,(H,15,21)(H,16,18)/t9-/m1/s1. The molecule has 2 N–H and O–H groups in total. The van der Waals surface area contributed by atoms with Gasteiger partial charge in [-0.3, -0.25) is 9.36 Å². The van der Waals surface area contributed by atoms with Gasteiger partial charge in [0.2, 0.25) is 0 Å². The van der Waals surface area contributed by atoms with Crippen LogP contribution in [0.3, 0.4) is 0 Å². The van der Waals surface area contributed by atoms with Crippen LogP contribution in [0, 0.1) is 4.77 Å². The minimum absolute atomic E-state index is 0.321. The van der Waals surface area contributed by atoms with Gasteiger partial charge in [-0.1, -0.05) is 18.2 Å². The minimum atomic E-state index is -0.741.